The Kier molecular flexibility index (Phi) is 12.8. The van der Waals surface area contributed by atoms with Gasteiger partial charge in [-0.2, -0.15) is 0 Å². The predicted molar refractivity (Wildman–Crippen MR) is 218 cm³/mol. The molecule has 4 heterocycles. The van der Waals surface area contributed by atoms with Crippen LogP contribution >= 0.6 is 0 Å². The van der Waals surface area contributed by atoms with E-state index in [2.05, 4.69) is 27.7 Å². The van der Waals surface area contributed by atoms with Gasteiger partial charge in [0.25, 0.3) is 11.6 Å². The maximum absolute atomic E-state index is 13.0. The van der Waals surface area contributed by atoms with Crippen LogP contribution < -0.4 is 10.2 Å². The number of carbonyl (C=O) groups excluding carboxylic acids is 6. The van der Waals surface area contributed by atoms with Gasteiger partial charge >= 0.3 is 35.8 Å². The molecule has 7 aliphatic rings. The minimum atomic E-state index is -1.69. The van der Waals surface area contributed by atoms with E-state index in [1.165, 1.54) is 48.6 Å². The molecular weight excluding hydrogens is 833 g/mol. The molecule has 0 unspecified atom stereocenters. The van der Waals surface area contributed by atoms with Gasteiger partial charge in [0.2, 0.25) is 0 Å². The summed E-state index contributed by atoms with van der Waals surface area (Å²) < 4.78 is 44.6. The van der Waals surface area contributed by atoms with Crippen LogP contribution in [0.5, 0.6) is 0 Å². The molecule has 0 N–H and O–H groups in total. The summed E-state index contributed by atoms with van der Waals surface area (Å²) in [6.07, 6.45) is 21.3. The van der Waals surface area contributed by atoms with Gasteiger partial charge < -0.3 is 48.1 Å². The highest BCUT2D eigenvalue weighted by Gasteiger charge is 2.57. The van der Waals surface area contributed by atoms with E-state index < -0.39 is 82.0 Å². The van der Waals surface area contributed by atoms with Crippen LogP contribution in [0.25, 0.3) is 0 Å². The molecule has 344 valence electrons. The summed E-state index contributed by atoms with van der Waals surface area (Å²) in [5.74, 6) is -12.9. The Bertz CT molecular complexity index is 1990. The highest BCUT2D eigenvalue weighted by atomic mass is 16.8. The lowest BCUT2D eigenvalue weighted by molar-refractivity contribution is -0.404. The number of allylic oxidation sites excluding steroid dienone is 8. The molecule has 0 amide bonds. The van der Waals surface area contributed by atoms with Gasteiger partial charge in [0.1, 0.15) is 11.1 Å². The summed E-state index contributed by atoms with van der Waals surface area (Å²) in [5.41, 5.74) is -1.19. The summed E-state index contributed by atoms with van der Waals surface area (Å²) in [5, 5.41) is 25.6. The van der Waals surface area contributed by atoms with Crippen molar-refractivity contribution in [3.8, 4) is 0 Å². The van der Waals surface area contributed by atoms with Gasteiger partial charge in [-0.05, 0) is 99.3 Å². The Morgan fingerprint density at radius 3 is 0.984 bits per heavy atom. The van der Waals surface area contributed by atoms with Crippen molar-refractivity contribution in [1.82, 2.24) is 0 Å². The summed E-state index contributed by atoms with van der Waals surface area (Å²) in [7, 11) is 0. The standard InChI is InChI=1S/C48H56O16/c1-5-17-43(3)19-23-45(24-20-43)57-35(49)31(36(50)58-45)13-9-7-11-15-33-39(53)61-47(62-40(33)54)27-29-48(30-28-47)63-41(55)34(42(56)64-48)16-12-8-10-14-32-37(51)59-46(60-38(32)52)25-21-44(4,18-6-2)22-26-46/h7-16,49,51H,5-6,17-30H2,1-4H3/p-2/b11-7+,12-8+,13-9+,14-10+,33-15?,34-16?. The molecule has 5 fully saturated rings. The number of hydrogen-bond donors (Lipinski definition) is 0. The Labute approximate surface area is 371 Å². The molecule has 2 saturated heterocycles. The molecule has 16 nitrogen and oxygen atoms in total. The predicted octanol–water partition coefficient (Wildman–Crippen LogP) is 5.67. The van der Waals surface area contributed by atoms with Gasteiger partial charge in [-0.3, -0.25) is 0 Å². The summed E-state index contributed by atoms with van der Waals surface area (Å²) in [6.45, 7) is 8.62. The zero-order valence-corrected chi connectivity index (χ0v) is 36.6. The minimum absolute atomic E-state index is 0.112. The highest BCUT2D eigenvalue weighted by Crippen LogP contribution is 2.49. The fourth-order valence-electron chi connectivity index (χ4n) is 9.49. The van der Waals surface area contributed by atoms with Crippen molar-refractivity contribution in [1.29, 1.82) is 0 Å². The van der Waals surface area contributed by atoms with Crippen LogP contribution in [0.4, 0.5) is 0 Å². The van der Waals surface area contributed by atoms with Gasteiger partial charge in [-0.25, -0.2) is 28.8 Å². The third-order valence-corrected chi connectivity index (χ3v) is 13.4. The van der Waals surface area contributed by atoms with Crippen molar-refractivity contribution in [2.24, 2.45) is 10.8 Å². The molecule has 64 heavy (non-hydrogen) atoms. The van der Waals surface area contributed by atoms with Crippen LogP contribution in [0.15, 0.2) is 94.9 Å². The van der Waals surface area contributed by atoms with Gasteiger partial charge in [-0.1, -0.05) is 77.0 Å². The second-order valence-corrected chi connectivity index (χ2v) is 18.4. The van der Waals surface area contributed by atoms with E-state index in [4.69, 9.17) is 37.9 Å². The number of esters is 6. The first-order valence-corrected chi connectivity index (χ1v) is 22.1. The Morgan fingerprint density at radius 1 is 0.406 bits per heavy atom. The van der Waals surface area contributed by atoms with Crippen molar-refractivity contribution < 1.29 is 76.9 Å². The van der Waals surface area contributed by atoms with Crippen molar-refractivity contribution >= 4 is 35.8 Å². The van der Waals surface area contributed by atoms with Crippen molar-refractivity contribution in [2.75, 3.05) is 0 Å². The zero-order chi connectivity index (χ0) is 46.0. The Morgan fingerprint density at radius 2 is 0.688 bits per heavy atom. The number of carbonyl (C=O) groups is 6. The fraction of sp³-hybridized carbons (Fsp3) is 0.542. The SMILES string of the molecule is CCCC1(C)CCC2(CC1)OC(=O)C(/C=C/C=C/C=C1C(=O)OC3(CCC4(CC3)OC(=O)C(=C/C=C/C=C/C3=C([O-])OC5(CCC(C)(CCC)CC5)OC3=O)C(=O)O4)OC1=O)=C([O-])O2. The van der Waals surface area contributed by atoms with Crippen LogP contribution in [0.3, 0.4) is 0 Å². The molecule has 0 aromatic rings. The molecule has 7 rings (SSSR count). The van der Waals surface area contributed by atoms with E-state index in [1.54, 1.807) is 0 Å². The van der Waals surface area contributed by atoms with E-state index in [1.807, 2.05) is 0 Å². The van der Waals surface area contributed by atoms with Gasteiger partial charge in [0.05, 0.1) is 23.0 Å². The summed E-state index contributed by atoms with van der Waals surface area (Å²) in [4.78, 5) is 77.5. The van der Waals surface area contributed by atoms with Crippen LogP contribution in [0, 0.1) is 10.8 Å². The smallest absolute Gasteiger partial charge is 0.348 e. The van der Waals surface area contributed by atoms with Gasteiger partial charge in [0, 0.05) is 25.7 Å². The Hall–Kier alpha value is -6.06. The number of ether oxygens (including phenoxy) is 8. The van der Waals surface area contributed by atoms with Gasteiger partial charge in [0.15, 0.2) is 11.6 Å². The third kappa shape index (κ3) is 9.70. The Balaban J connectivity index is 0.880. The van der Waals surface area contributed by atoms with E-state index in [-0.39, 0.29) is 47.7 Å². The molecule has 0 aromatic heterocycles. The molecule has 16 heteroatoms. The maximum Gasteiger partial charge on any atom is 0.348 e. The van der Waals surface area contributed by atoms with Gasteiger partial charge in [-0.15, -0.1) is 0 Å². The molecular formula is C48H54O16-2. The van der Waals surface area contributed by atoms with E-state index in [0.29, 0.717) is 25.7 Å². The topological polar surface area (TPSA) is 222 Å². The van der Waals surface area contributed by atoms with Crippen LogP contribution in [-0.2, 0) is 66.7 Å². The first-order chi connectivity index (χ1) is 30.4. The summed E-state index contributed by atoms with van der Waals surface area (Å²) >= 11 is 0. The number of hydrogen-bond acceptors (Lipinski definition) is 16. The first kappa shape index (κ1) is 45.9. The number of rotatable bonds is 10. The quantitative estimate of drug-likeness (QED) is 0.0847. The molecule has 0 radical (unpaired) electrons. The molecule has 0 atom stereocenters. The average Bonchev–Trinajstić information content (AvgIpc) is 3.22. The third-order valence-electron chi connectivity index (χ3n) is 13.4. The van der Waals surface area contributed by atoms with Crippen molar-refractivity contribution in [3.63, 3.8) is 0 Å². The molecule has 0 aromatic carbocycles. The van der Waals surface area contributed by atoms with E-state index >= 15 is 0 Å². The monoisotopic (exact) mass is 886 g/mol. The average molecular weight is 887 g/mol. The second-order valence-electron chi connectivity index (χ2n) is 18.4. The minimum Gasteiger partial charge on any atom is -0.574 e. The second kappa shape index (κ2) is 17.8. The van der Waals surface area contributed by atoms with Crippen LogP contribution in [0.1, 0.15) is 130 Å². The lowest BCUT2D eigenvalue weighted by Crippen LogP contribution is -2.56. The largest absolute Gasteiger partial charge is 0.574 e. The van der Waals surface area contributed by atoms with E-state index in [9.17, 15) is 39.0 Å². The first-order valence-electron chi connectivity index (χ1n) is 22.1. The van der Waals surface area contributed by atoms with Crippen LogP contribution in [0.2, 0.25) is 0 Å². The fourth-order valence-corrected chi connectivity index (χ4v) is 9.49. The van der Waals surface area contributed by atoms with Crippen LogP contribution in [-0.4, -0.2) is 59.0 Å². The maximum atomic E-state index is 13.0. The molecule has 4 aliphatic heterocycles. The molecule has 3 saturated carbocycles. The summed E-state index contributed by atoms with van der Waals surface area (Å²) in [6, 6.07) is 0. The lowest BCUT2D eigenvalue weighted by atomic mass is 9.71. The normalized spacial score (nSPS) is 34.7. The highest BCUT2D eigenvalue weighted by molar-refractivity contribution is 6.16. The molecule has 4 spiro atoms. The molecule has 3 aliphatic carbocycles. The molecule has 0 bridgehead atoms. The van der Waals surface area contributed by atoms with E-state index in [0.717, 1.165) is 63.5 Å². The lowest BCUT2D eigenvalue weighted by Gasteiger charge is -2.50. The zero-order valence-electron chi connectivity index (χ0n) is 36.6. The van der Waals surface area contributed by atoms with Crippen molar-refractivity contribution in [2.45, 2.75) is 154 Å². The van der Waals surface area contributed by atoms with Crippen molar-refractivity contribution in [3.05, 3.63) is 94.9 Å².